The molecule has 2 saturated heterocycles. The summed E-state index contributed by atoms with van der Waals surface area (Å²) in [6.07, 6.45) is 1.25. The maximum atomic E-state index is 13.2. The topological polar surface area (TPSA) is 79.0 Å². The van der Waals surface area contributed by atoms with Crippen molar-refractivity contribution >= 4 is 27.3 Å². The monoisotopic (exact) mass is 481 g/mol. The lowest BCUT2D eigenvalue weighted by atomic mass is 9.98. The van der Waals surface area contributed by atoms with Gasteiger partial charge >= 0.3 is 0 Å². The molecule has 1 amide bonds. The van der Waals surface area contributed by atoms with Gasteiger partial charge in [-0.1, -0.05) is 6.07 Å². The van der Waals surface area contributed by atoms with Crippen LogP contribution in [-0.4, -0.2) is 69.5 Å². The van der Waals surface area contributed by atoms with Gasteiger partial charge in [0.15, 0.2) is 0 Å². The van der Waals surface area contributed by atoms with Crippen LogP contribution in [0.25, 0.3) is 0 Å². The molecule has 7 nitrogen and oxygen atoms in total. The van der Waals surface area contributed by atoms with Crippen molar-refractivity contribution in [3.05, 3.63) is 52.5 Å². The number of amides is 1. The van der Waals surface area contributed by atoms with Crippen molar-refractivity contribution in [2.45, 2.75) is 23.8 Å². The molecular formula is C22H28FN3O4S2. The van der Waals surface area contributed by atoms with Crippen molar-refractivity contribution in [3.63, 3.8) is 0 Å². The number of piperidine rings is 1. The van der Waals surface area contributed by atoms with Gasteiger partial charge in [0.25, 0.3) is 0 Å². The van der Waals surface area contributed by atoms with E-state index < -0.39 is 21.8 Å². The lowest BCUT2D eigenvalue weighted by Crippen LogP contribution is -2.48. The summed E-state index contributed by atoms with van der Waals surface area (Å²) in [5, 5.41) is 5.10. The van der Waals surface area contributed by atoms with Crippen LogP contribution in [0.4, 0.5) is 4.39 Å². The summed E-state index contributed by atoms with van der Waals surface area (Å²) in [6, 6.07) is 8.97. The number of nitrogens with one attached hydrogen (secondary N) is 1. The molecular weight excluding hydrogens is 453 g/mol. The number of morpholine rings is 1. The first-order chi connectivity index (χ1) is 15.4. The third kappa shape index (κ3) is 5.37. The van der Waals surface area contributed by atoms with Crippen molar-refractivity contribution in [2.75, 3.05) is 45.9 Å². The van der Waals surface area contributed by atoms with Gasteiger partial charge in [0, 0.05) is 37.6 Å². The van der Waals surface area contributed by atoms with Gasteiger partial charge in [-0.05, 0) is 48.6 Å². The van der Waals surface area contributed by atoms with E-state index in [1.165, 1.54) is 21.3 Å². The van der Waals surface area contributed by atoms with E-state index >= 15 is 0 Å². The van der Waals surface area contributed by atoms with Gasteiger partial charge in [0.2, 0.25) is 15.9 Å². The van der Waals surface area contributed by atoms with Crippen LogP contribution in [-0.2, 0) is 19.6 Å². The van der Waals surface area contributed by atoms with E-state index in [2.05, 4.69) is 16.3 Å². The van der Waals surface area contributed by atoms with Gasteiger partial charge in [0.1, 0.15) is 5.82 Å². The van der Waals surface area contributed by atoms with Gasteiger partial charge in [-0.3, -0.25) is 9.69 Å². The predicted molar refractivity (Wildman–Crippen MR) is 120 cm³/mol. The first kappa shape index (κ1) is 23.3. The summed E-state index contributed by atoms with van der Waals surface area (Å²) in [5.41, 5.74) is 0. The fraction of sp³-hybridized carbons (Fsp3) is 0.500. The smallest absolute Gasteiger partial charge is 0.243 e. The van der Waals surface area contributed by atoms with E-state index in [1.54, 1.807) is 11.3 Å². The van der Waals surface area contributed by atoms with E-state index in [9.17, 15) is 17.6 Å². The van der Waals surface area contributed by atoms with E-state index in [1.807, 2.05) is 11.4 Å². The lowest BCUT2D eigenvalue weighted by molar-refractivity contribution is -0.126. The predicted octanol–water partition coefficient (Wildman–Crippen LogP) is 2.48. The molecule has 32 heavy (non-hydrogen) atoms. The highest BCUT2D eigenvalue weighted by molar-refractivity contribution is 7.89. The van der Waals surface area contributed by atoms with Gasteiger partial charge in [-0.15, -0.1) is 11.3 Å². The maximum Gasteiger partial charge on any atom is 0.243 e. The number of rotatable bonds is 7. The molecule has 0 unspecified atom stereocenters. The van der Waals surface area contributed by atoms with Crippen LogP contribution in [0.3, 0.4) is 0 Å². The second-order valence-electron chi connectivity index (χ2n) is 8.08. The molecule has 1 aromatic carbocycles. The fourth-order valence-electron chi connectivity index (χ4n) is 4.25. The average molecular weight is 482 g/mol. The second kappa shape index (κ2) is 10.4. The van der Waals surface area contributed by atoms with Crippen LogP contribution in [0.1, 0.15) is 23.8 Å². The summed E-state index contributed by atoms with van der Waals surface area (Å²) in [5.74, 6) is -1.02. The molecule has 3 heterocycles. The molecule has 2 atom stereocenters. The normalized spacial score (nSPS) is 21.8. The van der Waals surface area contributed by atoms with Gasteiger partial charge in [-0.2, -0.15) is 4.31 Å². The molecule has 0 aliphatic carbocycles. The zero-order chi connectivity index (χ0) is 22.6. The number of benzene rings is 1. The Morgan fingerprint density at radius 1 is 1.19 bits per heavy atom. The number of halogens is 1. The summed E-state index contributed by atoms with van der Waals surface area (Å²) >= 11 is 1.67. The molecule has 0 saturated carbocycles. The Morgan fingerprint density at radius 2 is 1.94 bits per heavy atom. The minimum Gasteiger partial charge on any atom is -0.379 e. The number of ether oxygens (including phenoxy) is 1. The standard InChI is InChI=1S/C22H28FN3O4S2/c23-18-5-7-19(8-6-18)32(28,29)26-9-1-3-17(16-26)22(27)24-15-20(21-4-2-14-31-21)25-10-12-30-13-11-25/h2,4-8,14,17,20H,1,3,9-13,15-16H2,(H,24,27)/t17-,20+/m0/s1. The summed E-state index contributed by atoms with van der Waals surface area (Å²) in [7, 11) is -3.76. The molecule has 4 rings (SSSR count). The van der Waals surface area contributed by atoms with E-state index in [0.29, 0.717) is 39.1 Å². The van der Waals surface area contributed by atoms with Crippen LogP contribution < -0.4 is 5.32 Å². The third-order valence-corrected chi connectivity index (χ3v) is 8.89. The molecule has 1 N–H and O–H groups in total. The Bertz CT molecular complexity index is 993. The minimum atomic E-state index is -3.76. The van der Waals surface area contributed by atoms with Crippen LogP contribution in [0.2, 0.25) is 0 Å². The third-order valence-electron chi connectivity index (χ3n) is 6.03. The van der Waals surface area contributed by atoms with Gasteiger partial charge < -0.3 is 10.1 Å². The zero-order valence-corrected chi connectivity index (χ0v) is 19.4. The van der Waals surface area contributed by atoms with Crippen LogP contribution >= 0.6 is 11.3 Å². The quantitative estimate of drug-likeness (QED) is 0.657. The highest BCUT2D eigenvalue weighted by atomic mass is 32.2. The molecule has 10 heteroatoms. The molecule has 2 aromatic rings. The number of nitrogens with zero attached hydrogens (tertiary/aromatic N) is 2. The molecule has 0 spiro atoms. The number of hydrogen-bond donors (Lipinski definition) is 1. The van der Waals surface area contributed by atoms with Crippen LogP contribution in [0.15, 0.2) is 46.7 Å². The Hall–Kier alpha value is -1.85. The SMILES string of the molecule is O=C(NC[C@H](c1cccs1)N1CCOCC1)[C@H]1CCCN(S(=O)(=O)c2ccc(F)cc2)C1. The Kier molecular flexibility index (Phi) is 7.57. The van der Waals surface area contributed by atoms with Crippen molar-refractivity contribution in [3.8, 4) is 0 Å². The molecule has 1 aromatic heterocycles. The first-order valence-corrected chi connectivity index (χ1v) is 13.2. The number of carbonyl (C=O) groups is 1. The van der Waals surface area contributed by atoms with E-state index in [0.717, 1.165) is 25.2 Å². The molecule has 2 aliphatic rings. The molecule has 2 fully saturated rings. The Balaban J connectivity index is 1.39. The van der Waals surface area contributed by atoms with Crippen LogP contribution in [0.5, 0.6) is 0 Å². The first-order valence-electron chi connectivity index (χ1n) is 10.8. The van der Waals surface area contributed by atoms with E-state index in [4.69, 9.17) is 4.74 Å². The number of carbonyl (C=O) groups excluding carboxylic acids is 1. The van der Waals surface area contributed by atoms with Crippen molar-refractivity contribution < 1.29 is 22.3 Å². The summed E-state index contributed by atoms with van der Waals surface area (Å²) in [4.78, 5) is 16.5. The number of thiophene rings is 1. The van der Waals surface area contributed by atoms with Gasteiger partial charge in [-0.25, -0.2) is 12.8 Å². The molecule has 2 aliphatic heterocycles. The average Bonchev–Trinajstić information content (AvgIpc) is 3.35. The van der Waals surface area contributed by atoms with Crippen LogP contribution in [0, 0.1) is 11.7 Å². The lowest BCUT2D eigenvalue weighted by Gasteiger charge is -2.35. The molecule has 0 bridgehead atoms. The number of sulfonamides is 1. The number of hydrogen-bond acceptors (Lipinski definition) is 6. The summed E-state index contributed by atoms with van der Waals surface area (Å²) < 4.78 is 45.9. The van der Waals surface area contributed by atoms with Crippen molar-refractivity contribution in [1.82, 2.24) is 14.5 Å². The van der Waals surface area contributed by atoms with Gasteiger partial charge in [0.05, 0.1) is 30.1 Å². The van der Waals surface area contributed by atoms with E-state index in [-0.39, 0.29) is 23.4 Å². The Morgan fingerprint density at radius 3 is 2.62 bits per heavy atom. The highest BCUT2D eigenvalue weighted by Crippen LogP contribution is 2.27. The highest BCUT2D eigenvalue weighted by Gasteiger charge is 2.34. The zero-order valence-electron chi connectivity index (χ0n) is 17.8. The van der Waals surface area contributed by atoms with Crippen molar-refractivity contribution in [2.24, 2.45) is 5.92 Å². The molecule has 0 radical (unpaired) electrons. The second-order valence-corrected chi connectivity index (χ2v) is 11.0. The summed E-state index contributed by atoms with van der Waals surface area (Å²) in [6.45, 7) is 3.93. The largest absolute Gasteiger partial charge is 0.379 e. The Labute approximate surface area is 192 Å². The fourth-order valence-corrected chi connectivity index (χ4v) is 6.64. The maximum absolute atomic E-state index is 13.2. The minimum absolute atomic E-state index is 0.0463. The van der Waals surface area contributed by atoms with Crippen molar-refractivity contribution in [1.29, 1.82) is 0 Å². The molecule has 174 valence electrons.